The molecule has 1 amide bonds. The van der Waals surface area contributed by atoms with E-state index in [0.29, 0.717) is 28.3 Å². The number of ketones is 1. The number of nitrogens with zero attached hydrogens (tertiary/aromatic N) is 1. The van der Waals surface area contributed by atoms with Gasteiger partial charge in [0.15, 0.2) is 18.2 Å². The Kier molecular flexibility index (Phi) is 7.74. The molecule has 29 heavy (non-hydrogen) atoms. The highest BCUT2D eigenvalue weighted by molar-refractivity contribution is 6.08. The third-order valence-electron chi connectivity index (χ3n) is 4.15. The van der Waals surface area contributed by atoms with Crippen LogP contribution >= 0.6 is 0 Å². The molecule has 0 aliphatic carbocycles. The highest BCUT2D eigenvalue weighted by Crippen LogP contribution is 2.25. The van der Waals surface area contributed by atoms with Gasteiger partial charge in [-0.1, -0.05) is 30.3 Å². The first-order valence-corrected chi connectivity index (χ1v) is 8.71. The number of nitrogens with one attached hydrogen (secondary N) is 1. The normalized spacial score (nSPS) is 9.86. The third kappa shape index (κ3) is 5.80. The minimum Gasteiger partial charge on any atom is -1.00 e. The number of anilines is 1. The van der Waals surface area contributed by atoms with Crippen LogP contribution in [0.4, 0.5) is 5.69 Å². The van der Waals surface area contributed by atoms with Crippen molar-refractivity contribution in [1.82, 2.24) is 0 Å². The van der Waals surface area contributed by atoms with Crippen molar-refractivity contribution in [3.8, 4) is 11.5 Å². The predicted molar refractivity (Wildman–Crippen MR) is 105 cm³/mol. The number of carbonyl (C=O) groups is 2. The summed E-state index contributed by atoms with van der Waals surface area (Å²) in [6, 6.07) is 17.6. The summed E-state index contributed by atoms with van der Waals surface area (Å²) in [5.41, 5.74) is 1.78. The number of ether oxygens (including phenoxy) is 2. The van der Waals surface area contributed by atoms with E-state index in [9.17, 15) is 9.59 Å². The molecule has 6 nitrogen and oxygen atoms in total. The van der Waals surface area contributed by atoms with Crippen molar-refractivity contribution >= 4 is 17.4 Å². The van der Waals surface area contributed by atoms with Crippen LogP contribution in [0.15, 0.2) is 73.1 Å². The first-order chi connectivity index (χ1) is 13.6. The van der Waals surface area contributed by atoms with Crippen molar-refractivity contribution in [1.29, 1.82) is 0 Å². The second kappa shape index (κ2) is 10.2. The van der Waals surface area contributed by atoms with Gasteiger partial charge < -0.3 is 27.2 Å². The van der Waals surface area contributed by atoms with E-state index < -0.39 is 0 Å². The largest absolute Gasteiger partial charge is 1.00 e. The first kappa shape index (κ1) is 21.9. The van der Waals surface area contributed by atoms with Gasteiger partial charge in [-0.25, -0.2) is 0 Å². The number of halogens is 1. The van der Waals surface area contributed by atoms with E-state index in [-0.39, 0.29) is 30.6 Å². The average molecular weight is 413 g/mol. The fourth-order valence-electron chi connectivity index (χ4n) is 2.72. The number of hydrogen-bond donors (Lipinski definition) is 1. The summed E-state index contributed by atoms with van der Waals surface area (Å²) in [6.45, 7) is 0.110. The Morgan fingerprint density at radius 2 is 1.41 bits per heavy atom. The van der Waals surface area contributed by atoms with Crippen LogP contribution in [0.3, 0.4) is 0 Å². The number of benzene rings is 2. The lowest BCUT2D eigenvalue weighted by molar-refractivity contribution is -0.684. The first-order valence-electron chi connectivity index (χ1n) is 8.71. The van der Waals surface area contributed by atoms with Crippen molar-refractivity contribution in [2.45, 2.75) is 6.54 Å². The molecule has 3 aromatic rings. The Balaban J connectivity index is 0.00000300. The Bertz CT molecular complexity index is 954. The molecule has 0 atom stereocenters. The monoisotopic (exact) mass is 412 g/mol. The maximum Gasteiger partial charge on any atom is 0.290 e. The molecule has 1 aromatic heterocycles. The van der Waals surface area contributed by atoms with Gasteiger partial charge in [-0.3, -0.25) is 9.59 Å². The molecular weight excluding hydrogens is 392 g/mol. The summed E-state index contributed by atoms with van der Waals surface area (Å²) in [4.78, 5) is 24.8. The van der Waals surface area contributed by atoms with Crippen LogP contribution in [-0.2, 0) is 11.3 Å². The summed E-state index contributed by atoms with van der Waals surface area (Å²) < 4.78 is 12.1. The molecule has 150 valence electrons. The van der Waals surface area contributed by atoms with Crippen LogP contribution in [0.2, 0.25) is 0 Å². The van der Waals surface area contributed by atoms with Gasteiger partial charge in [-0.15, -0.1) is 0 Å². The van der Waals surface area contributed by atoms with E-state index in [2.05, 4.69) is 5.32 Å². The zero-order chi connectivity index (χ0) is 19.9. The van der Waals surface area contributed by atoms with Crippen molar-refractivity contribution in [3.05, 3.63) is 84.2 Å². The zero-order valence-electron chi connectivity index (χ0n) is 16.1. The van der Waals surface area contributed by atoms with E-state index in [4.69, 9.17) is 9.47 Å². The summed E-state index contributed by atoms with van der Waals surface area (Å²) in [7, 11) is 3.10. The van der Waals surface area contributed by atoms with Crippen molar-refractivity contribution in [2.24, 2.45) is 0 Å². The standard InChI is InChI=1S/C22H20N2O4.ClH/c1-27-19-12-18(13-20(14-19)28-2)23-21(25)15-24-10-8-17(9-11-24)22(26)16-6-4-3-5-7-16;/h3-14H,15H2,1-2H3;1H. The Hall–Kier alpha value is -3.38. The van der Waals surface area contributed by atoms with Crippen LogP contribution in [0.25, 0.3) is 0 Å². The second-order valence-electron chi connectivity index (χ2n) is 6.10. The molecule has 0 aliphatic heterocycles. The number of amides is 1. The van der Waals surface area contributed by atoms with Crippen molar-refractivity contribution in [2.75, 3.05) is 19.5 Å². The number of hydrogen-bond acceptors (Lipinski definition) is 4. The van der Waals surface area contributed by atoms with Crippen LogP contribution < -0.4 is 31.8 Å². The molecular formula is C22H21ClN2O4. The fourth-order valence-corrected chi connectivity index (χ4v) is 2.72. The maximum atomic E-state index is 12.4. The lowest BCUT2D eigenvalue weighted by Gasteiger charge is -2.09. The molecule has 0 bridgehead atoms. The fraction of sp³-hybridized carbons (Fsp3) is 0.136. The molecule has 0 saturated heterocycles. The summed E-state index contributed by atoms with van der Waals surface area (Å²) >= 11 is 0. The molecule has 0 spiro atoms. The molecule has 0 fully saturated rings. The highest BCUT2D eigenvalue weighted by atomic mass is 35.5. The van der Waals surface area contributed by atoms with Crippen molar-refractivity contribution < 1.29 is 36.0 Å². The average Bonchev–Trinajstić information content (AvgIpc) is 2.74. The molecule has 2 aromatic carbocycles. The SMILES string of the molecule is COc1cc(NC(=O)C[n+]2ccc(C(=O)c3ccccc3)cc2)cc(OC)c1.[Cl-]. The zero-order valence-corrected chi connectivity index (χ0v) is 16.8. The van der Waals surface area contributed by atoms with Gasteiger partial charge >= 0.3 is 0 Å². The van der Waals surface area contributed by atoms with E-state index in [0.717, 1.165) is 0 Å². The summed E-state index contributed by atoms with van der Waals surface area (Å²) in [6.07, 6.45) is 3.42. The Morgan fingerprint density at radius 1 is 0.862 bits per heavy atom. The molecule has 3 rings (SSSR count). The number of carbonyl (C=O) groups excluding carboxylic acids is 2. The number of aromatic nitrogens is 1. The molecule has 0 unspecified atom stereocenters. The minimum absolute atomic E-state index is 0. The second-order valence-corrected chi connectivity index (χ2v) is 6.10. The van der Waals surface area contributed by atoms with Gasteiger partial charge in [0.05, 0.1) is 14.2 Å². The minimum atomic E-state index is -0.206. The molecule has 0 radical (unpaired) electrons. The molecule has 0 aliphatic rings. The van der Waals surface area contributed by atoms with Gasteiger partial charge in [0.1, 0.15) is 11.5 Å². The van der Waals surface area contributed by atoms with Crippen LogP contribution in [0.1, 0.15) is 15.9 Å². The Morgan fingerprint density at radius 3 is 1.97 bits per heavy atom. The predicted octanol–water partition coefficient (Wildman–Crippen LogP) is -0.135. The van der Waals surface area contributed by atoms with E-state index in [1.54, 1.807) is 73.6 Å². The number of methoxy groups -OCH3 is 2. The Labute approximate surface area is 175 Å². The summed E-state index contributed by atoms with van der Waals surface area (Å²) in [5, 5.41) is 2.82. The number of rotatable bonds is 7. The van der Waals surface area contributed by atoms with Crippen LogP contribution in [0.5, 0.6) is 11.5 Å². The lowest BCUT2D eigenvalue weighted by Crippen LogP contribution is -3.00. The van der Waals surface area contributed by atoms with Gasteiger partial charge in [-0.2, -0.15) is 4.57 Å². The lowest BCUT2D eigenvalue weighted by atomic mass is 10.0. The molecule has 1 N–H and O–H groups in total. The smallest absolute Gasteiger partial charge is 0.290 e. The van der Waals surface area contributed by atoms with E-state index in [1.807, 2.05) is 18.2 Å². The molecule has 0 saturated carbocycles. The van der Waals surface area contributed by atoms with Gasteiger partial charge in [0, 0.05) is 47.1 Å². The van der Waals surface area contributed by atoms with Gasteiger partial charge in [0.2, 0.25) is 6.54 Å². The van der Waals surface area contributed by atoms with Crippen molar-refractivity contribution in [3.63, 3.8) is 0 Å². The van der Waals surface area contributed by atoms with Gasteiger partial charge in [-0.05, 0) is 0 Å². The van der Waals surface area contributed by atoms with Crippen LogP contribution in [0, 0.1) is 0 Å². The molecule has 1 heterocycles. The topological polar surface area (TPSA) is 68.5 Å². The van der Waals surface area contributed by atoms with E-state index >= 15 is 0 Å². The quantitative estimate of drug-likeness (QED) is 0.433. The van der Waals surface area contributed by atoms with E-state index in [1.165, 1.54) is 0 Å². The molecule has 7 heteroatoms. The van der Waals surface area contributed by atoms with Gasteiger partial charge in [0.25, 0.3) is 5.91 Å². The summed E-state index contributed by atoms with van der Waals surface area (Å²) in [5.74, 6) is 0.917. The van der Waals surface area contributed by atoms with Crippen LogP contribution in [-0.4, -0.2) is 25.9 Å². The number of pyridine rings is 1. The maximum absolute atomic E-state index is 12.4. The highest BCUT2D eigenvalue weighted by Gasteiger charge is 2.14. The third-order valence-corrected chi connectivity index (χ3v) is 4.15.